The van der Waals surface area contributed by atoms with E-state index in [-0.39, 0.29) is 19.1 Å². The van der Waals surface area contributed by atoms with Crippen molar-refractivity contribution in [3.8, 4) is 5.75 Å². The van der Waals surface area contributed by atoms with E-state index in [1.54, 1.807) is 22.5 Å². The average molecular weight is 521 g/mol. The summed E-state index contributed by atoms with van der Waals surface area (Å²) in [6.45, 7) is 0.819. The molecule has 1 saturated heterocycles. The molecule has 36 heavy (non-hydrogen) atoms. The zero-order valence-corrected chi connectivity index (χ0v) is 19.9. The molecule has 1 aliphatic heterocycles. The van der Waals surface area contributed by atoms with Gasteiger partial charge in [-0.25, -0.2) is 12.9 Å². The highest BCUT2D eigenvalue weighted by Crippen LogP contribution is 2.29. The van der Waals surface area contributed by atoms with Gasteiger partial charge in [0.15, 0.2) is 0 Å². The van der Waals surface area contributed by atoms with Gasteiger partial charge in [0.05, 0.1) is 10.5 Å². The molecule has 1 N–H and O–H groups in total. The maximum atomic E-state index is 13.2. The third kappa shape index (κ3) is 6.50. The topological polar surface area (TPSA) is 58.6 Å². The molecule has 3 aromatic carbocycles. The van der Waals surface area contributed by atoms with E-state index in [9.17, 15) is 26.6 Å². The minimum Gasteiger partial charge on any atom is -0.489 e. The Kier molecular flexibility index (Phi) is 8.05. The Bertz CT molecular complexity index is 1220. The number of nitrogens with one attached hydrogen (secondary N) is 1. The molecule has 1 fully saturated rings. The molecule has 2 atom stereocenters. The van der Waals surface area contributed by atoms with Crippen molar-refractivity contribution in [1.29, 1.82) is 0 Å². The number of amides is 1. The van der Waals surface area contributed by atoms with Gasteiger partial charge in [-0.05, 0) is 72.5 Å². The number of carbonyl (C=O) groups is 1. The molecule has 5 nitrogen and oxygen atoms in total. The first-order chi connectivity index (χ1) is 17.2. The van der Waals surface area contributed by atoms with Crippen molar-refractivity contribution in [2.24, 2.45) is 0 Å². The Balaban J connectivity index is 1.31. The van der Waals surface area contributed by atoms with Crippen molar-refractivity contribution in [2.45, 2.75) is 43.1 Å². The third-order valence-electron chi connectivity index (χ3n) is 5.79. The van der Waals surface area contributed by atoms with Crippen LogP contribution in [0.3, 0.4) is 0 Å². The second kappa shape index (κ2) is 11.2. The van der Waals surface area contributed by atoms with Crippen LogP contribution in [0.5, 0.6) is 5.75 Å². The molecule has 0 bridgehead atoms. The lowest BCUT2D eigenvalue weighted by Gasteiger charge is -2.22. The first-order valence-electron chi connectivity index (χ1n) is 11.3. The van der Waals surface area contributed by atoms with E-state index in [1.165, 1.54) is 36.4 Å². The number of ether oxygens (including phenoxy) is 1. The zero-order valence-electron chi connectivity index (χ0n) is 19.1. The lowest BCUT2D eigenvalue weighted by molar-refractivity contribution is -0.137. The van der Waals surface area contributed by atoms with Crippen LogP contribution in [0.2, 0.25) is 0 Å². The molecule has 1 heterocycles. The van der Waals surface area contributed by atoms with Crippen molar-refractivity contribution in [3.05, 3.63) is 95.3 Å². The number of alkyl halides is 3. The van der Waals surface area contributed by atoms with Gasteiger partial charge in [-0.3, -0.25) is 4.79 Å². The summed E-state index contributed by atoms with van der Waals surface area (Å²) in [5, 5.41) is 2.87. The van der Waals surface area contributed by atoms with Crippen LogP contribution in [0.15, 0.2) is 77.7 Å². The van der Waals surface area contributed by atoms with Crippen molar-refractivity contribution in [1.82, 2.24) is 9.62 Å². The highest BCUT2D eigenvalue weighted by Gasteiger charge is 2.35. The fourth-order valence-electron chi connectivity index (χ4n) is 3.90. The molecule has 4 rings (SSSR count). The SMILES string of the molecule is O=C(NCc1cccc(OCc2ccc(C(F)(F)F)cc2)c1)[C@@H]1CCCN1S(=O)c1ccc(F)cc1. The van der Waals surface area contributed by atoms with Crippen LogP contribution in [0.4, 0.5) is 17.6 Å². The number of halogens is 4. The number of carbonyl (C=O) groups excluding carboxylic acids is 1. The normalized spacial score (nSPS) is 17.1. The molecule has 1 aliphatic rings. The average Bonchev–Trinajstić information content (AvgIpc) is 3.36. The number of hydrogen-bond acceptors (Lipinski definition) is 3. The van der Waals surface area contributed by atoms with E-state index in [2.05, 4.69) is 5.32 Å². The summed E-state index contributed by atoms with van der Waals surface area (Å²) in [7, 11) is -1.57. The summed E-state index contributed by atoms with van der Waals surface area (Å²) in [5.74, 6) is -0.155. The van der Waals surface area contributed by atoms with E-state index in [0.717, 1.165) is 24.1 Å². The standard InChI is InChI=1S/C26H24F4N2O3S/c27-21-10-12-23(13-11-21)36(34)32-14-2-5-24(32)25(33)31-16-19-3-1-4-22(15-19)35-17-18-6-8-20(9-7-18)26(28,29)30/h1,3-4,6-13,15,24H,2,5,14,16-17H2,(H,31,33)/t24-,36?/m0/s1. The number of benzene rings is 3. The first kappa shape index (κ1) is 25.8. The second-order valence-corrected chi connectivity index (χ2v) is 9.79. The maximum absolute atomic E-state index is 13.2. The van der Waals surface area contributed by atoms with Gasteiger partial charge in [0.1, 0.15) is 35.2 Å². The Morgan fingerprint density at radius 2 is 1.75 bits per heavy atom. The smallest absolute Gasteiger partial charge is 0.416 e. The largest absolute Gasteiger partial charge is 0.489 e. The summed E-state index contributed by atoms with van der Waals surface area (Å²) < 4.78 is 71.5. The minimum atomic E-state index is -4.39. The predicted molar refractivity (Wildman–Crippen MR) is 127 cm³/mol. The van der Waals surface area contributed by atoms with Gasteiger partial charge < -0.3 is 10.1 Å². The molecule has 0 aliphatic carbocycles. The van der Waals surface area contributed by atoms with Crippen molar-refractivity contribution in [3.63, 3.8) is 0 Å². The highest BCUT2D eigenvalue weighted by atomic mass is 32.2. The molecule has 0 spiro atoms. The third-order valence-corrected chi connectivity index (χ3v) is 7.33. The van der Waals surface area contributed by atoms with E-state index in [4.69, 9.17) is 4.74 Å². The van der Waals surface area contributed by atoms with Gasteiger partial charge in [0.25, 0.3) is 0 Å². The Hall–Kier alpha value is -3.24. The molecular formula is C26H24F4N2O3S. The van der Waals surface area contributed by atoms with Crippen LogP contribution in [0.25, 0.3) is 0 Å². The van der Waals surface area contributed by atoms with Crippen LogP contribution in [-0.4, -0.2) is 27.0 Å². The number of nitrogens with zero attached hydrogens (tertiary/aromatic N) is 1. The van der Waals surface area contributed by atoms with Gasteiger partial charge in [0, 0.05) is 13.1 Å². The summed E-state index contributed by atoms with van der Waals surface area (Å²) in [6.07, 6.45) is -3.10. The minimum absolute atomic E-state index is 0.0974. The van der Waals surface area contributed by atoms with Gasteiger partial charge in [-0.15, -0.1) is 0 Å². The Labute approximate surface area is 208 Å². The van der Waals surface area contributed by atoms with Gasteiger partial charge in [-0.2, -0.15) is 13.2 Å². The maximum Gasteiger partial charge on any atom is 0.416 e. The molecule has 190 valence electrons. The van der Waals surface area contributed by atoms with Crippen molar-refractivity contribution < 1.29 is 31.3 Å². The summed E-state index contributed by atoms with van der Waals surface area (Å²) in [6, 6.07) is 16.6. The summed E-state index contributed by atoms with van der Waals surface area (Å²) >= 11 is 0. The molecule has 1 amide bonds. The summed E-state index contributed by atoms with van der Waals surface area (Å²) in [4.78, 5) is 13.3. The van der Waals surface area contributed by atoms with Gasteiger partial charge in [-0.1, -0.05) is 24.3 Å². The van der Waals surface area contributed by atoms with Crippen LogP contribution in [0, 0.1) is 5.82 Å². The molecule has 3 aromatic rings. The van der Waals surface area contributed by atoms with Crippen LogP contribution in [-0.2, 0) is 35.1 Å². The molecular weight excluding hydrogens is 496 g/mol. The zero-order chi connectivity index (χ0) is 25.7. The van der Waals surface area contributed by atoms with Gasteiger partial charge in [0.2, 0.25) is 5.91 Å². The lowest BCUT2D eigenvalue weighted by atomic mass is 10.1. The Morgan fingerprint density at radius 3 is 2.44 bits per heavy atom. The fourth-order valence-corrected chi connectivity index (χ4v) is 5.26. The van der Waals surface area contributed by atoms with Crippen molar-refractivity contribution in [2.75, 3.05) is 6.54 Å². The predicted octanol–water partition coefficient (Wildman–Crippen LogP) is 5.23. The van der Waals surface area contributed by atoms with E-state index >= 15 is 0 Å². The molecule has 1 unspecified atom stereocenters. The number of rotatable bonds is 8. The molecule has 0 radical (unpaired) electrons. The lowest BCUT2D eigenvalue weighted by Crippen LogP contribution is -2.43. The van der Waals surface area contributed by atoms with Crippen molar-refractivity contribution >= 4 is 16.9 Å². The van der Waals surface area contributed by atoms with E-state index in [1.807, 2.05) is 6.07 Å². The van der Waals surface area contributed by atoms with Crippen LogP contribution in [0.1, 0.15) is 29.5 Å². The second-order valence-electron chi connectivity index (χ2n) is 8.35. The molecule has 10 heteroatoms. The van der Waals surface area contributed by atoms with E-state index < -0.39 is 34.6 Å². The van der Waals surface area contributed by atoms with Gasteiger partial charge >= 0.3 is 6.18 Å². The highest BCUT2D eigenvalue weighted by molar-refractivity contribution is 7.82. The monoisotopic (exact) mass is 520 g/mol. The molecule has 0 aromatic heterocycles. The Morgan fingerprint density at radius 1 is 1.03 bits per heavy atom. The quantitative estimate of drug-likeness (QED) is 0.414. The van der Waals surface area contributed by atoms with Crippen LogP contribution < -0.4 is 10.1 Å². The molecule has 0 saturated carbocycles. The van der Waals surface area contributed by atoms with E-state index in [0.29, 0.717) is 29.2 Å². The van der Waals surface area contributed by atoms with Crippen LogP contribution >= 0.6 is 0 Å². The number of hydrogen-bond donors (Lipinski definition) is 1. The first-order valence-corrected chi connectivity index (χ1v) is 12.4. The fraction of sp³-hybridized carbons (Fsp3) is 0.269. The summed E-state index contributed by atoms with van der Waals surface area (Å²) in [5.41, 5.74) is 0.654.